The van der Waals surface area contributed by atoms with Crippen LogP contribution in [0.25, 0.3) is 11.3 Å². The van der Waals surface area contributed by atoms with Gasteiger partial charge in [-0.25, -0.2) is 0 Å². The minimum atomic E-state index is -0.236. The van der Waals surface area contributed by atoms with E-state index in [0.29, 0.717) is 17.3 Å². The molecule has 116 valence electrons. The molecule has 0 saturated carbocycles. The fraction of sp³-hybridized carbons (Fsp3) is 0.111. The lowest BCUT2D eigenvalue weighted by Gasteiger charge is -2.16. The molecule has 3 aromatic rings. The van der Waals surface area contributed by atoms with Crippen LogP contribution < -0.4 is 0 Å². The Morgan fingerprint density at radius 1 is 1.13 bits per heavy atom. The van der Waals surface area contributed by atoms with E-state index in [9.17, 15) is 4.79 Å². The monoisotopic (exact) mass is 326 g/mol. The van der Waals surface area contributed by atoms with Gasteiger partial charge < -0.3 is 9.42 Å². The van der Waals surface area contributed by atoms with E-state index in [4.69, 9.17) is 16.1 Å². The Morgan fingerprint density at radius 3 is 2.57 bits per heavy atom. The van der Waals surface area contributed by atoms with Crippen molar-refractivity contribution in [3.8, 4) is 11.3 Å². The minimum Gasteiger partial charge on any atom is -0.350 e. The standard InChI is InChI=1S/C18H15ClN2O2/c1-21(12-14-9-5-6-10-15(14)19)18(22)17-11-16(20-23-17)13-7-3-2-4-8-13/h2-11H,12H2,1H3. The number of halogens is 1. The molecule has 0 unspecified atom stereocenters. The van der Waals surface area contributed by atoms with Crippen LogP contribution >= 0.6 is 11.6 Å². The molecule has 1 aromatic heterocycles. The zero-order chi connectivity index (χ0) is 16.2. The Labute approximate surface area is 139 Å². The normalized spacial score (nSPS) is 10.5. The molecule has 0 bridgehead atoms. The van der Waals surface area contributed by atoms with Gasteiger partial charge in [0, 0.05) is 30.2 Å². The van der Waals surface area contributed by atoms with Crippen LogP contribution in [0.1, 0.15) is 16.1 Å². The van der Waals surface area contributed by atoms with Crippen LogP contribution in [0.5, 0.6) is 0 Å². The molecule has 4 nitrogen and oxygen atoms in total. The zero-order valence-corrected chi connectivity index (χ0v) is 13.3. The molecule has 0 aliphatic rings. The summed E-state index contributed by atoms with van der Waals surface area (Å²) >= 11 is 6.13. The minimum absolute atomic E-state index is 0.207. The number of carbonyl (C=O) groups is 1. The van der Waals surface area contributed by atoms with E-state index in [2.05, 4.69) is 5.16 Å². The molecule has 23 heavy (non-hydrogen) atoms. The van der Waals surface area contributed by atoms with Crippen LogP contribution in [0.3, 0.4) is 0 Å². The summed E-state index contributed by atoms with van der Waals surface area (Å²) in [5.74, 6) is -0.0296. The fourth-order valence-corrected chi connectivity index (χ4v) is 2.46. The van der Waals surface area contributed by atoms with Gasteiger partial charge in [-0.05, 0) is 11.6 Å². The highest BCUT2D eigenvalue weighted by molar-refractivity contribution is 6.31. The molecule has 0 spiro atoms. The Bertz CT molecular complexity index is 815. The maximum Gasteiger partial charge on any atom is 0.292 e. The Hall–Kier alpha value is -2.59. The van der Waals surface area contributed by atoms with Crippen LogP contribution in [0, 0.1) is 0 Å². The van der Waals surface area contributed by atoms with Gasteiger partial charge in [-0.3, -0.25) is 4.79 Å². The summed E-state index contributed by atoms with van der Waals surface area (Å²) in [6.07, 6.45) is 0. The number of hydrogen-bond acceptors (Lipinski definition) is 3. The largest absolute Gasteiger partial charge is 0.350 e. The molecular weight excluding hydrogens is 312 g/mol. The van der Waals surface area contributed by atoms with Crippen molar-refractivity contribution < 1.29 is 9.32 Å². The van der Waals surface area contributed by atoms with Crippen LogP contribution in [0.4, 0.5) is 0 Å². The third kappa shape index (κ3) is 3.43. The summed E-state index contributed by atoms with van der Waals surface area (Å²) < 4.78 is 5.20. The molecule has 3 rings (SSSR count). The van der Waals surface area contributed by atoms with Gasteiger partial charge in [0.05, 0.1) is 0 Å². The van der Waals surface area contributed by atoms with Crippen molar-refractivity contribution in [1.29, 1.82) is 0 Å². The summed E-state index contributed by atoms with van der Waals surface area (Å²) in [7, 11) is 1.70. The van der Waals surface area contributed by atoms with Crippen molar-refractivity contribution in [2.24, 2.45) is 0 Å². The first-order valence-electron chi connectivity index (χ1n) is 7.16. The first-order valence-corrected chi connectivity index (χ1v) is 7.54. The van der Waals surface area contributed by atoms with Gasteiger partial charge in [0.2, 0.25) is 5.76 Å². The molecule has 0 aliphatic heterocycles. The zero-order valence-electron chi connectivity index (χ0n) is 12.6. The van der Waals surface area contributed by atoms with Gasteiger partial charge in [-0.15, -0.1) is 0 Å². The third-order valence-electron chi connectivity index (χ3n) is 3.50. The third-order valence-corrected chi connectivity index (χ3v) is 3.87. The Kier molecular flexibility index (Phi) is 4.44. The number of amides is 1. The van der Waals surface area contributed by atoms with E-state index in [1.165, 1.54) is 0 Å². The van der Waals surface area contributed by atoms with E-state index in [1.807, 2.05) is 48.5 Å². The van der Waals surface area contributed by atoms with Gasteiger partial charge in [0.1, 0.15) is 5.69 Å². The lowest BCUT2D eigenvalue weighted by atomic mass is 10.1. The second-order valence-electron chi connectivity index (χ2n) is 5.20. The second kappa shape index (κ2) is 6.67. The highest BCUT2D eigenvalue weighted by Gasteiger charge is 2.18. The highest BCUT2D eigenvalue weighted by Crippen LogP contribution is 2.21. The van der Waals surface area contributed by atoms with Crippen molar-refractivity contribution in [1.82, 2.24) is 10.1 Å². The Balaban J connectivity index is 1.76. The summed E-state index contributed by atoms with van der Waals surface area (Å²) in [5, 5.41) is 4.60. The first kappa shape index (κ1) is 15.3. The molecule has 5 heteroatoms. The number of benzene rings is 2. The van der Waals surface area contributed by atoms with Gasteiger partial charge >= 0.3 is 0 Å². The molecule has 1 amide bonds. The average molecular weight is 327 g/mol. The topological polar surface area (TPSA) is 46.3 Å². The molecule has 1 heterocycles. The van der Waals surface area contributed by atoms with Gasteiger partial charge in [0.15, 0.2) is 0 Å². The first-order chi connectivity index (χ1) is 11.1. The number of nitrogens with zero attached hydrogens (tertiary/aromatic N) is 2. The van der Waals surface area contributed by atoms with E-state index in [0.717, 1.165) is 11.1 Å². The average Bonchev–Trinajstić information content (AvgIpc) is 3.07. The lowest BCUT2D eigenvalue weighted by molar-refractivity contribution is 0.0743. The predicted molar refractivity (Wildman–Crippen MR) is 89.2 cm³/mol. The molecule has 0 aliphatic carbocycles. The quantitative estimate of drug-likeness (QED) is 0.719. The van der Waals surface area contributed by atoms with E-state index in [-0.39, 0.29) is 11.7 Å². The van der Waals surface area contributed by atoms with Crippen LogP contribution in [0.15, 0.2) is 65.2 Å². The molecule has 0 saturated heterocycles. The number of rotatable bonds is 4. The number of aromatic nitrogens is 1. The van der Waals surface area contributed by atoms with Crippen LogP contribution in [-0.2, 0) is 6.54 Å². The smallest absolute Gasteiger partial charge is 0.292 e. The van der Waals surface area contributed by atoms with Crippen molar-refractivity contribution in [3.63, 3.8) is 0 Å². The number of carbonyl (C=O) groups excluding carboxylic acids is 1. The predicted octanol–water partition coefficient (Wildman–Crippen LogP) is 4.27. The van der Waals surface area contributed by atoms with Crippen LogP contribution in [0.2, 0.25) is 5.02 Å². The molecule has 0 atom stereocenters. The van der Waals surface area contributed by atoms with E-state index in [1.54, 1.807) is 24.1 Å². The van der Waals surface area contributed by atoms with E-state index >= 15 is 0 Å². The number of hydrogen-bond donors (Lipinski definition) is 0. The molecule has 2 aromatic carbocycles. The van der Waals surface area contributed by atoms with Crippen molar-refractivity contribution in [2.75, 3.05) is 7.05 Å². The van der Waals surface area contributed by atoms with Crippen molar-refractivity contribution in [2.45, 2.75) is 6.54 Å². The summed E-state index contributed by atoms with van der Waals surface area (Å²) in [5.41, 5.74) is 2.43. The van der Waals surface area contributed by atoms with Crippen molar-refractivity contribution in [3.05, 3.63) is 77.0 Å². The van der Waals surface area contributed by atoms with Crippen LogP contribution in [-0.4, -0.2) is 23.0 Å². The van der Waals surface area contributed by atoms with Gasteiger partial charge in [0.25, 0.3) is 5.91 Å². The SMILES string of the molecule is CN(Cc1ccccc1Cl)C(=O)c1cc(-c2ccccc2)no1. The highest BCUT2D eigenvalue weighted by atomic mass is 35.5. The van der Waals surface area contributed by atoms with Gasteiger partial charge in [-0.1, -0.05) is 65.3 Å². The summed E-state index contributed by atoms with van der Waals surface area (Å²) in [6, 6.07) is 18.7. The maximum absolute atomic E-state index is 12.5. The molecule has 0 radical (unpaired) electrons. The van der Waals surface area contributed by atoms with Crippen molar-refractivity contribution >= 4 is 17.5 Å². The molecule has 0 N–H and O–H groups in total. The second-order valence-corrected chi connectivity index (χ2v) is 5.60. The van der Waals surface area contributed by atoms with E-state index < -0.39 is 0 Å². The van der Waals surface area contributed by atoms with Gasteiger partial charge in [-0.2, -0.15) is 0 Å². The molecule has 0 fully saturated rings. The fourth-order valence-electron chi connectivity index (χ4n) is 2.26. The maximum atomic E-state index is 12.5. The summed E-state index contributed by atoms with van der Waals surface area (Å²) in [4.78, 5) is 14.0. The summed E-state index contributed by atoms with van der Waals surface area (Å²) in [6.45, 7) is 0.403. The molecular formula is C18H15ClN2O2. The Morgan fingerprint density at radius 2 is 1.83 bits per heavy atom. The lowest BCUT2D eigenvalue weighted by Crippen LogP contribution is -2.25.